The van der Waals surface area contributed by atoms with Gasteiger partial charge in [-0.2, -0.15) is 13.1 Å². The number of amides is 2. The lowest BCUT2D eigenvalue weighted by Crippen LogP contribution is -2.52. The van der Waals surface area contributed by atoms with Crippen molar-refractivity contribution in [2.45, 2.75) is 0 Å². The number of hydrogen-bond donors (Lipinski definition) is 3. The number of nitrogens with zero attached hydrogens (tertiary/aromatic N) is 4. The summed E-state index contributed by atoms with van der Waals surface area (Å²) < 4.78 is 36.8. The van der Waals surface area contributed by atoms with Gasteiger partial charge in [0.25, 0.3) is 0 Å². The quantitative estimate of drug-likeness (QED) is 0.492. The Labute approximate surface area is 178 Å². The maximum absolute atomic E-state index is 12.3. The number of methoxy groups -OCH3 is 2. The molecule has 2 heterocycles. The number of rotatable bonds is 7. The number of ether oxygens (including phenoxy) is 2. The minimum atomic E-state index is -4.30. The standard InChI is InChI=1S/C17H22N6O7S/c1-29-13-7-11-12(8-14(13)30-2)18-10-19-16(11)23-5-3-22(4-6-23)15(24)9-20-31(27,28)21-17(25)26/h7-8,10,20-21H,3-6,9H2,1-2H3,(H,25,26). The van der Waals surface area contributed by atoms with Gasteiger partial charge in [0.15, 0.2) is 11.5 Å². The Hall–Kier alpha value is -3.39. The van der Waals surface area contributed by atoms with Gasteiger partial charge in [-0.15, -0.1) is 0 Å². The molecule has 1 aromatic heterocycles. The number of nitrogens with one attached hydrogen (secondary N) is 2. The van der Waals surface area contributed by atoms with Crippen LogP contribution in [-0.2, 0) is 15.0 Å². The van der Waals surface area contributed by atoms with E-state index in [0.717, 1.165) is 5.39 Å². The number of carbonyl (C=O) groups is 2. The molecule has 0 atom stereocenters. The molecule has 0 bridgehead atoms. The fourth-order valence-electron chi connectivity index (χ4n) is 3.21. The summed E-state index contributed by atoms with van der Waals surface area (Å²) in [5, 5.41) is 9.25. The molecule has 3 rings (SSSR count). The number of carbonyl (C=O) groups excluding carboxylic acids is 1. The van der Waals surface area contributed by atoms with Crippen molar-refractivity contribution < 1.29 is 32.6 Å². The second-order valence-corrected chi connectivity index (χ2v) is 8.02. The summed E-state index contributed by atoms with van der Waals surface area (Å²) in [6.07, 6.45) is -0.286. The van der Waals surface area contributed by atoms with Crippen LogP contribution < -0.4 is 23.8 Å². The fourth-order valence-corrected chi connectivity index (χ4v) is 3.82. The molecule has 1 saturated heterocycles. The monoisotopic (exact) mass is 454 g/mol. The molecule has 3 N–H and O–H groups in total. The largest absolute Gasteiger partial charge is 0.493 e. The summed E-state index contributed by atoms with van der Waals surface area (Å²) in [5.41, 5.74) is 0.682. The Morgan fingerprint density at radius 1 is 1.10 bits per heavy atom. The Kier molecular flexibility index (Phi) is 6.60. The molecule has 14 heteroatoms. The summed E-state index contributed by atoms with van der Waals surface area (Å²) in [6.45, 7) is 1.06. The van der Waals surface area contributed by atoms with Crippen molar-refractivity contribution in [2.75, 3.05) is 51.8 Å². The molecule has 0 saturated carbocycles. The Morgan fingerprint density at radius 2 is 1.74 bits per heavy atom. The molecule has 0 unspecified atom stereocenters. The first kappa shape index (κ1) is 22.3. The summed E-state index contributed by atoms with van der Waals surface area (Å²) in [4.78, 5) is 34.9. The number of aromatic nitrogens is 2. The third-order valence-corrected chi connectivity index (χ3v) is 5.65. The van der Waals surface area contributed by atoms with E-state index < -0.39 is 28.8 Å². The summed E-state index contributed by atoms with van der Waals surface area (Å²) in [7, 11) is -1.22. The van der Waals surface area contributed by atoms with E-state index >= 15 is 0 Å². The van der Waals surface area contributed by atoms with Crippen LogP contribution in [0.5, 0.6) is 11.5 Å². The summed E-state index contributed by atoms with van der Waals surface area (Å²) in [6, 6.07) is 3.56. The van der Waals surface area contributed by atoms with Gasteiger partial charge in [0.2, 0.25) is 5.91 Å². The number of piperazine rings is 1. The van der Waals surface area contributed by atoms with E-state index in [9.17, 15) is 18.0 Å². The van der Waals surface area contributed by atoms with Crippen LogP contribution in [0.1, 0.15) is 0 Å². The molecule has 1 aromatic carbocycles. The van der Waals surface area contributed by atoms with Crippen LogP contribution in [0.15, 0.2) is 18.5 Å². The van der Waals surface area contributed by atoms with Gasteiger partial charge in [-0.25, -0.2) is 19.5 Å². The third kappa shape index (κ3) is 5.21. The SMILES string of the molecule is COc1cc2ncnc(N3CCN(C(=O)CNS(=O)(=O)NC(=O)O)CC3)c2cc1OC. The van der Waals surface area contributed by atoms with E-state index in [4.69, 9.17) is 14.6 Å². The van der Waals surface area contributed by atoms with E-state index in [1.807, 2.05) is 9.62 Å². The minimum absolute atomic E-state index is 0.339. The van der Waals surface area contributed by atoms with Crippen LogP contribution in [0, 0.1) is 0 Å². The Morgan fingerprint density at radius 3 is 2.35 bits per heavy atom. The minimum Gasteiger partial charge on any atom is -0.493 e. The first-order valence-electron chi connectivity index (χ1n) is 9.14. The number of benzene rings is 1. The predicted octanol–water partition coefficient (Wildman–Crippen LogP) is -0.602. The molecule has 13 nitrogen and oxygen atoms in total. The molecule has 31 heavy (non-hydrogen) atoms. The van der Waals surface area contributed by atoms with Gasteiger partial charge < -0.3 is 24.4 Å². The molecule has 0 spiro atoms. The summed E-state index contributed by atoms with van der Waals surface area (Å²) in [5.74, 6) is 1.32. The van der Waals surface area contributed by atoms with E-state index in [1.165, 1.54) is 23.1 Å². The lowest BCUT2D eigenvalue weighted by atomic mass is 10.2. The topological polar surface area (TPSA) is 163 Å². The molecule has 2 amide bonds. The molecule has 168 valence electrons. The van der Waals surface area contributed by atoms with Gasteiger partial charge in [0.1, 0.15) is 12.1 Å². The number of fused-ring (bicyclic) bond motifs is 1. The number of anilines is 1. The van der Waals surface area contributed by atoms with E-state index in [1.54, 1.807) is 19.2 Å². The maximum atomic E-state index is 12.3. The Bertz CT molecular complexity index is 1090. The van der Waals surface area contributed by atoms with E-state index in [2.05, 4.69) is 9.97 Å². The summed E-state index contributed by atoms with van der Waals surface area (Å²) >= 11 is 0. The molecule has 1 fully saturated rings. The van der Waals surface area contributed by atoms with Crippen molar-refractivity contribution in [3.05, 3.63) is 18.5 Å². The molecule has 1 aliphatic heterocycles. The van der Waals surface area contributed by atoms with Gasteiger partial charge in [-0.3, -0.25) is 4.79 Å². The molecule has 2 aromatic rings. The van der Waals surface area contributed by atoms with Crippen LogP contribution in [0.2, 0.25) is 0 Å². The van der Waals surface area contributed by atoms with Gasteiger partial charge in [0, 0.05) is 37.6 Å². The lowest BCUT2D eigenvalue weighted by Gasteiger charge is -2.35. The second kappa shape index (κ2) is 9.18. The third-order valence-electron chi connectivity index (χ3n) is 4.69. The predicted molar refractivity (Wildman–Crippen MR) is 110 cm³/mol. The average Bonchev–Trinajstić information content (AvgIpc) is 2.75. The van der Waals surface area contributed by atoms with Gasteiger partial charge in [0.05, 0.1) is 26.3 Å². The zero-order chi connectivity index (χ0) is 22.6. The van der Waals surface area contributed by atoms with Crippen LogP contribution >= 0.6 is 0 Å². The van der Waals surface area contributed by atoms with Gasteiger partial charge >= 0.3 is 16.3 Å². The molecule has 1 aliphatic rings. The van der Waals surface area contributed by atoms with E-state index in [0.29, 0.717) is 49.0 Å². The highest BCUT2D eigenvalue weighted by atomic mass is 32.2. The van der Waals surface area contributed by atoms with E-state index in [-0.39, 0.29) is 0 Å². The van der Waals surface area contributed by atoms with Crippen LogP contribution in [0.3, 0.4) is 0 Å². The first-order valence-corrected chi connectivity index (χ1v) is 10.6. The van der Waals surface area contributed by atoms with Crippen LogP contribution in [0.4, 0.5) is 10.6 Å². The van der Waals surface area contributed by atoms with Gasteiger partial charge in [-0.05, 0) is 6.07 Å². The maximum Gasteiger partial charge on any atom is 0.419 e. The van der Waals surface area contributed by atoms with Crippen molar-refractivity contribution in [3.8, 4) is 11.5 Å². The van der Waals surface area contributed by atoms with Gasteiger partial charge in [-0.1, -0.05) is 0 Å². The molecular weight excluding hydrogens is 432 g/mol. The lowest BCUT2D eigenvalue weighted by molar-refractivity contribution is -0.130. The second-order valence-electron chi connectivity index (χ2n) is 6.52. The number of hydrogen-bond acceptors (Lipinski definition) is 9. The van der Waals surface area contributed by atoms with Crippen molar-refractivity contribution in [1.29, 1.82) is 0 Å². The average molecular weight is 454 g/mol. The van der Waals surface area contributed by atoms with Crippen molar-refractivity contribution >= 4 is 38.9 Å². The number of carboxylic acid groups (broad SMARTS) is 1. The van der Waals surface area contributed by atoms with Crippen LogP contribution in [-0.4, -0.2) is 87.3 Å². The van der Waals surface area contributed by atoms with Crippen molar-refractivity contribution in [3.63, 3.8) is 0 Å². The molecular formula is C17H22N6O7S. The van der Waals surface area contributed by atoms with Crippen molar-refractivity contribution in [2.24, 2.45) is 0 Å². The zero-order valence-corrected chi connectivity index (χ0v) is 17.7. The first-order chi connectivity index (χ1) is 14.7. The molecule has 0 radical (unpaired) electrons. The molecule has 0 aliphatic carbocycles. The normalized spacial score (nSPS) is 14.4. The highest BCUT2D eigenvalue weighted by Gasteiger charge is 2.25. The fraction of sp³-hybridized carbons (Fsp3) is 0.412. The smallest absolute Gasteiger partial charge is 0.419 e. The Balaban J connectivity index is 1.67. The zero-order valence-electron chi connectivity index (χ0n) is 16.9. The van der Waals surface area contributed by atoms with Crippen molar-refractivity contribution in [1.82, 2.24) is 24.3 Å². The highest BCUT2D eigenvalue weighted by Crippen LogP contribution is 2.34. The van der Waals surface area contributed by atoms with Crippen LogP contribution in [0.25, 0.3) is 10.9 Å². The highest BCUT2D eigenvalue weighted by molar-refractivity contribution is 7.88.